The van der Waals surface area contributed by atoms with Gasteiger partial charge in [0.25, 0.3) is 24.1 Å². The summed E-state index contributed by atoms with van der Waals surface area (Å²) in [5, 5.41) is 0. The number of likely N-dealkylation sites (N-methyl/N-ethyl adjacent to an activating group) is 2. The van der Waals surface area contributed by atoms with Gasteiger partial charge in [0.05, 0.1) is 24.7 Å². The minimum Gasteiger partial charge on any atom is -0.369 e. The van der Waals surface area contributed by atoms with Crippen molar-refractivity contribution in [2.45, 2.75) is 44.9 Å². The molecule has 3 aliphatic heterocycles. The second kappa shape index (κ2) is 6.46. The van der Waals surface area contributed by atoms with Crippen molar-refractivity contribution in [3.8, 4) is 0 Å². The summed E-state index contributed by atoms with van der Waals surface area (Å²) in [7, 11) is 3.05. The van der Waals surface area contributed by atoms with Crippen LogP contribution in [0.15, 0.2) is 4.99 Å². The van der Waals surface area contributed by atoms with Gasteiger partial charge in [-0.25, -0.2) is 9.37 Å². The second-order valence-electron chi connectivity index (χ2n) is 7.69. The Bertz CT molecular complexity index is 714. The van der Waals surface area contributed by atoms with Crippen LogP contribution in [0.2, 0.25) is 0 Å². The molecule has 9 nitrogen and oxygen atoms in total. The van der Waals surface area contributed by atoms with E-state index in [1.165, 1.54) is 11.9 Å². The molecule has 0 aromatic carbocycles. The Balaban J connectivity index is 1.63. The van der Waals surface area contributed by atoms with Crippen molar-refractivity contribution >= 4 is 30.0 Å². The predicted octanol–water partition coefficient (Wildman–Crippen LogP) is -0.252. The quantitative estimate of drug-likeness (QED) is 0.646. The zero-order chi connectivity index (χ0) is 19.2. The summed E-state index contributed by atoms with van der Waals surface area (Å²) >= 11 is 0. The SMILES string of the molecule is CC1CN(C(=O)CC[N+]2=CN=C3C2C(=O)N(C)C(=O)N3C)CC(C)(C)O1. The number of carbonyl (C=O) groups is 3. The van der Waals surface area contributed by atoms with Crippen LogP contribution in [0, 0.1) is 0 Å². The van der Waals surface area contributed by atoms with Gasteiger partial charge in [0.2, 0.25) is 5.91 Å². The number of morpholine rings is 1. The molecule has 2 unspecified atom stereocenters. The van der Waals surface area contributed by atoms with Crippen molar-refractivity contribution in [2.24, 2.45) is 4.99 Å². The van der Waals surface area contributed by atoms with Crippen molar-refractivity contribution in [3.05, 3.63) is 0 Å². The molecule has 2 fully saturated rings. The van der Waals surface area contributed by atoms with E-state index in [1.54, 1.807) is 18.0 Å². The normalized spacial score (nSPS) is 28.1. The van der Waals surface area contributed by atoms with Crippen molar-refractivity contribution < 1.29 is 23.7 Å². The van der Waals surface area contributed by atoms with Crippen LogP contribution in [0.3, 0.4) is 0 Å². The molecule has 0 N–H and O–H groups in total. The van der Waals surface area contributed by atoms with Gasteiger partial charge in [-0.05, 0) is 25.8 Å². The van der Waals surface area contributed by atoms with E-state index in [1.807, 2.05) is 25.7 Å². The van der Waals surface area contributed by atoms with E-state index in [9.17, 15) is 14.4 Å². The maximum atomic E-state index is 12.6. The molecule has 0 saturated carbocycles. The number of nitrogens with zero attached hydrogens (tertiary/aromatic N) is 5. The van der Waals surface area contributed by atoms with Gasteiger partial charge in [0.15, 0.2) is 0 Å². The lowest BCUT2D eigenvalue weighted by Crippen LogP contribution is -2.61. The summed E-state index contributed by atoms with van der Waals surface area (Å²) in [6.45, 7) is 7.38. The third kappa shape index (κ3) is 3.23. The molecule has 2 saturated heterocycles. The van der Waals surface area contributed by atoms with Crippen molar-refractivity contribution in [3.63, 3.8) is 0 Å². The van der Waals surface area contributed by atoms with Crippen LogP contribution in [0.1, 0.15) is 27.2 Å². The number of imide groups is 1. The van der Waals surface area contributed by atoms with Gasteiger partial charge < -0.3 is 9.64 Å². The predicted molar refractivity (Wildman–Crippen MR) is 94.2 cm³/mol. The number of amides is 4. The highest BCUT2D eigenvalue weighted by Gasteiger charge is 2.50. The Morgan fingerprint density at radius 3 is 2.69 bits per heavy atom. The van der Waals surface area contributed by atoms with Crippen molar-refractivity contribution in [1.29, 1.82) is 0 Å². The highest BCUT2D eigenvalue weighted by molar-refractivity contribution is 6.21. The molecule has 3 rings (SSSR count). The first-order chi connectivity index (χ1) is 12.1. The smallest absolute Gasteiger partial charge is 0.333 e. The molecule has 0 aromatic rings. The maximum absolute atomic E-state index is 12.6. The van der Waals surface area contributed by atoms with E-state index in [2.05, 4.69) is 4.99 Å². The highest BCUT2D eigenvalue weighted by Crippen LogP contribution is 2.22. The Morgan fingerprint density at radius 2 is 2.04 bits per heavy atom. The van der Waals surface area contributed by atoms with Crippen molar-refractivity contribution in [1.82, 2.24) is 14.7 Å². The molecule has 2 atom stereocenters. The third-order valence-corrected chi connectivity index (χ3v) is 4.90. The summed E-state index contributed by atoms with van der Waals surface area (Å²) < 4.78 is 7.56. The topological polar surface area (TPSA) is 85.5 Å². The molecule has 26 heavy (non-hydrogen) atoms. The molecular weight excluding hydrogens is 338 g/mol. The highest BCUT2D eigenvalue weighted by atomic mass is 16.5. The van der Waals surface area contributed by atoms with E-state index in [-0.39, 0.29) is 29.9 Å². The lowest BCUT2D eigenvalue weighted by Gasteiger charge is -2.41. The Kier molecular flexibility index (Phi) is 4.60. The molecule has 0 bridgehead atoms. The standard InChI is InChI=1S/C17H26N5O4/c1-11-8-22(9-17(2,3)26-11)12(23)6-7-21-10-18-14-13(21)15(24)20(5)16(25)19(14)4/h10-11,13H,6-9H2,1-5H3/q+1. The van der Waals surface area contributed by atoms with Gasteiger partial charge in [0.1, 0.15) is 0 Å². The fourth-order valence-electron chi connectivity index (χ4n) is 3.76. The number of rotatable bonds is 3. The molecule has 0 spiro atoms. The lowest BCUT2D eigenvalue weighted by molar-refractivity contribution is -0.530. The van der Waals surface area contributed by atoms with Gasteiger partial charge >= 0.3 is 6.03 Å². The van der Waals surface area contributed by atoms with Crippen LogP contribution < -0.4 is 0 Å². The fourth-order valence-corrected chi connectivity index (χ4v) is 3.76. The second-order valence-corrected chi connectivity index (χ2v) is 7.69. The molecule has 142 valence electrons. The lowest BCUT2D eigenvalue weighted by atomic mass is 10.1. The molecule has 9 heteroatoms. The minimum atomic E-state index is -0.643. The fraction of sp³-hybridized carbons (Fsp3) is 0.706. The first kappa shape index (κ1) is 18.5. The number of hydrogen-bond acceptors (Lipinski definition) is 5. The Hall–Kier alpha value is -2.29. The first-order valence-corrected chi connectivity index (χ1v) is 8.78. The van der Waals surface area contributed by atoms with E-state index in [0.29, 0.717) is 25.5 Å². The number of carbonyl (C=O) groups excluding carboxylic acids is 3. The van der Waals surface area contributed by atoms with Gasteiger partial charge in [-0.3, -0.25) is 19.4 Å². The third-order valence-electron chi connectivity index (χ3n) is 4.90. The van der Waals surface area contributed by atoms with Crippen LogP contribution in [0.4, 0.5) is 4.79 Å². The molecule has 3 aliphatic rings. The summed E-state index contributed by atoms with van der Waals surface area (Å²) in [6.07, 6.45) is 1.80. The molecular formula is C17H26N5O4+. The number of ether oxygens (including phenoxy) is 1. The number of amidine groups is 1. The number of hydrogen-bond donors (Lipinski definition) is 0. The average Bonchev–Trinajstić information content (AvgIpc) is 2.98. The van der Waals surface area contributed by atoms with E-state index in [4.69, 9.17) is 4.74 Å². The largest absolute Gasteiger partial charge is 0.369 e. The van der Waals surface area contributed by atoms with E-state index >= 15 is 0 Å². The maximum Gasteiger partial charge on any atom is 0.333 e. The molecule has 4 amide bonds. The molecule has 0 radical (unpaired) electrons. The number of urea groups is 1. The van der Waals surface area contributed by atoms with Crippen LogP contribution in [-0.4, -0.2) is 101 Å². The number of fused-ring (bicyclic) bond motifs is 1. The Labute approximate surface area is 152 Å². The van der Waals surface area contributed by atoms with Crippen LogP contribution in [0.25, 0.3) is 0 Å². The zero-order valence-electron chi connectivity index (χ0n) is 15.9. The minimum absolute atomic E-state index is 0.00998. The Morgan fingerprint density at radius 1 is 1.35 bits per heavy atom. The van der Waals surface area contributed by atoms with Crippen molar-refractivity contribution in [2.75, 3.05) is 33.7 Å². The average molecular weight is 364 g/mol. The summed E-state index contributed by atoms with van der Waals surface area (Å²) in [4.78, 5) is 45.6. The van der Waals surface area contributed by atoms with Crippen LogP contribution >= 0.6 is 0 Å². The van der Waals surface area contributed by atoms with Crippen LogP contribution in [0.5, 0.6) is 0 Å². The first-order valence-electron chi connectivity index (χ1n) is 8.78. The molecule has 0 aromatic heterocycles. The monoisotopic (exact) mass is 364 g/mol. The number of aliphatic imine (C=N–C) groups is 1. The van der Waals surface area contributed by atoms with E-state index < -0.39 is 12.1 Å². The molecule has 0 aliphatic carbocycles. The van der Waals surface area contributed by atoms with E-state index in [0.717, 1.165) is 4.90 Å². The molecule has 3 heterocycles. The van der Waals surface area contributed by atoms with Crippen LogP contribution in [-0.2, 0) is 14.3 Å². The zero-order valence-corrected chi connectivity index (χ0v) is 15.9. The van der Waals surface area contributed by atoms with Gasteiger partial charge in [-0.1, -0.05) is 0 Å². The summed E-state index contributed by atoms with van der Waals surface area (Å²) in [5.74, 6) is 0.108. The van der Waals surface area contributed by atoms with Gasteiger partial charge in [0, 0.05) is 27.2 Å². The van der Waals surface area contributed by atoms with Gasteiger partial charge in [-0.2, -0.15) is 0 Å². The van der Waals surface area contributed by atoms with Gasteiger partial charge in [-0.15, -0.1) is 0 Å². The summed E-state index contributed by atoms with van der Waals surface area (Å²) in [6, 6.07) is -1.04. The summed E-state index contributed by atoms with van der Waals surface area (Å²) in [5.41, 5.74) is -0.367.